The molecule has 3 aromatic heterocycles. The molecule has 4 heterocycles. The van der Waals surface area contributed by atoms with Gasteiger partial charge in [-0.1, -0.05) is 17.7 Å². The highest BCUT2D eigenvalue weighted by atomic mass is 35.5. The zero-order valence-corrected chi connectivity index (χ0v) is 16.1. The van der Waals surface area contributed by atoms with E-state index in [0.717, 1.165) is 49.2 Å². The molecule has 136 valence electrons. The number of rotatable bonds is 6. The van der Waals surface area contributed by atoms with Gasteiger partial charge in [-0.25, -0.2) is 0 Å². The topological polar surface area (TPSA) is 56.8 Å². The van der Waals surface area contributed by atoms with Crippen LogP contribution in [0.2, 0.25) is 4.34 Å². The minimum absolute atomic E-state index is 0.555. The van der Waals surface area contributed by atoms with Crippen molar-refractivity contribution in [2.75, 3.05) is 18.4 Å². The molecule has 0 spiro atoms. The lowest BCUT2D eigenvalue weighted by Gasteiger charge is -2.31. The van der Waals surface area contributed by atoms with Gasteiger partial charge < -0.3 is 5.32 Å². The summed E-state index contributed by atoms with van der Waals surface area (Å²) < 4.78 is 0.822. The van der Waals surface area contributed by atoms with Crippen LogP contribution in [0, 0.1) is 0 Å². The van der Waals surface area contributed by atoms with Gasteiger partial charge in [-0.2, -0.15) is 5.10 Å². The molecular weight excluding hydrogens is 366 g/mol. The minimum atomic E-state index is 0.555. The molecule has 2 N–H and O–H groups in total. The molecule has 4 rings (SSSR count). The Morgan fingerprint density at radius 3 is 2.88 bits per heavy atom. The molecule has 26 heavy (non-hydrogen) atoms. The van der Waals surface area contributed by atoms with Crippen LogP contribution in [0.5, 0.6) is 0 Å². The summed E-state index contributed by atoms with van der Waals surface area (Å²) in [5, 5.41) is 11.0. The monoisotopic (exact) mass is 387 g/mol. The Bertz CT molecular complexity index is 823. The molecular formula is C19H22ClN5S. The molecule has 0 radical (unpaired) electrons. The van der Waals surface area contributed by atoms with Crippen molar-refractivity contribution >= 4 is 28.8 Å². The summed E-state index contributed by atoms with van der Waals surface area (Å²) in [5.41, 5.74) is 2.52. The first-order chi connectivity index (χ1) is 12.8. The summed E-state index contributed by atoms with van der Waals surface area (Å²) in [7, 11) is 0. The molecule has 0 amide bonds. The normalized spacial score (nSPS) is 16.0. The number of nitrogens with one attached hydrogen (secondary N) is 2. The van der Waals surface area contributed by atoms with Gasteiger partial charge >= 0.3 is 0 Å². The highest BCUT2D eigenvalue weighted by molar-refractivity contribution is 7.16. The number of aromatic nitrogens is 3. The summed E-state index contributed by atoms with van der Waals surface area (Å²) in [6.45, 7) is 3.95. The lowest BCUT2D eigenvalue weighted by atomic mass is 9.93. The molecule has 1 aliphatic rings. The quantitative estimate of drug-likeness (QED) is 0.653. The Hall–Kier alpha value is -1.89. The number of hydrogen-bond acceptors (Lipinski definition) is 5. The van der Waals surface area contributed by atoms with Gasteiger partial charge in [0.25, 0.3) is 0 Å². The van der Waals surface area contributed by atoms with Crippen molar-refractivity contribution in [1.29, 1.82) is 0 Å². The second kappa shape index (κ2) is 8.20. The molecule has 0 unspecified atom stereocenters. The average molecular weight is 388 g/mol. The molecule has 0 aliphatic carbocycles. The second-order valence-electron chi connectivity index (χ2n) is 6.68. The van der Waals surface area contributed by atoms with Gasteiger partial charge in [-0.3, -0.25) is 15.0 Å². The summed E-state index contributed by atoms with van der Waals surface area (Å²) in [4.78, 5) is 7.92. The maximum atomic E-state index is 5.97. The third kappa shape index (κ3) is 4.44. The Kier molecular flexibility index (Phi) is 5.53. The first kappa shape index (κ1) is 17.5. The van der Waals surface area contributed by atoms with E-state index in [2.05, 4.69) is 37.5 Å². The van der Waals surface area contributed by atoms with Gasteiger partial charge in [0.1, 0.15) is 5.82 Å². The Labute approximate surface area is 162 Å². The fourth-order valence-electron chi connectivity index (χ4n) is 3.41. The van der Waals surface area contributed by atoms with Gasteiger partial charge in [0, 0.05) is 41.5 Å². The van der Waals surface area contributed by atoms with Crippen molar-refractivity contribution in [2.24, 2.45) is 0 Å². The van der Waals surface area contributed by atoms with Crippen LogP contribution >= 0.6 is 22.9 Å². The summed E-state index contributed by atoms with van der Waals surface area (Å²) in [6.07, 6.45) is 6.09. The maximum Gasteiger partial charge on any atom is 0.148 e. The fraction of sp³-hybridized carbons (Fsp3) is 0.368. The van der Waals surface area contributed by atoms with Gasteiger partial charge in [-0.05, 0) is 49.7 Å². The average Bonchev–Trinajstić information content (AvgIpc) is 3.30. The number of halogens is 1. The molecule has 0 atom stereocenters. The first-order valence-electron chi connectivity index (χ1n) is 8.91. The van der Waals surface area contributed by atoms with Crippen LogP contribution in [0.4, 0.5) is 5.82 Å². The van der Waals surface area contributed by atoms with E-state index in [4.69, 9.17) is 11.6 Å². The van der Waals surface area contributed by atoms with Crippen molar-refractivity contribution < 1.29 is 0 Å². The summed E-state index contributed by atoms with van der Waals surface area (Å²) >= 11 is 7.57. The largest absolute Gasteiger partial charge is 0.364 e. The van der Waals surface area contributed by atoms with Gasteiger partial charge in [0.2, 0.25) is 0 Å². The molecule has 7 heteroatoms. The Balaban J connectivity index is 1.27. The molecule has 5 nitrogen and oxygen atoms in total. The van der Waals surface area contributed by atoms with E-state index in [1.54, 1.807) is 11.3 Å². The highest BCUT2D eigenvalue weighted by Gasteiger charge is 2.22. The fourth-order valence-corrected chi connectivity index (χ4v) is 4.44. The third-order valence-corrected chi connectivity index (χ3v) is 6.06. The number of aromatic amines is 1. The van der Waals surface area contributed by atoms with Crippen molar-refractivity contribution in [3.05, 3.63) is 63.2 Å². The van der Waals surface area contributed by atoms with Gasteiger partial charge in [-0.15, -0.1) is 11.3 Å². The lowest BCUT2D eigenvalue weighted by Crippen LogP contribution is -2.32. The van der Waals surface area contributed by atoms with E-state index in [1.807, 2.05) is 30.6 Å². The van der Waals surface area contributed by atoms with Gasteiger partial charge in [0.05, 0.1) is 10.9 Å². The number of anilines is 1. The maximum absolute atomic E-state index is 5.97. The first-order valence-corrected chi connectivity index (χ1v) is 10.1. The van der Waals surface area contributed by atoms with Gasteiger partial charge in [0.15, 0.2) is 0 Å². The van der Waals surface area contributed by atoms with Crippen LogP contribution in [0.1, 0.15) is 34.9 Å². The number of piperidine rings is 1. The number of likely N-dealkylation sites (tertiary alicyclic amines) is 1. The van der Waals surface area contributed by atoms with E-state index in [1.165, 1.54) is 16.1 Å². The number of H-pyrrole nitrogens is 1. The lowest BCUT2D eigenvalue weighted by molar-refractivity contribution is 0.203. The number of nitrogens with zero attached hydrogens (tertiary/aromatic N) is 3. The van der Waals surface area contributed by atoms with E-state index in [0.29, 0.717) is 5.92 Å². The SMILES string of the molecule is Clc1ccc(CNc2cc(C3CCN(Cc4cccnc4)CC3)[nH]n2)s1. The zero-order valence-electron chi connectivity index (χ0n) is 14.5. The van der Waals surface area contributed by atoms with E-state index >= 15 is 0 Å². The van der Waals surface area contributed by atoms with E-state index in [-0.39, 0.29) is 0 Å². The molecule has 0 bridgehead atoms. The van der Waals surface area contributed by atoms with Crippen molar-refractivity contribution in [1.82, 2.24) is 20.1 Å². The van der Waals surface area contributed by atoms with E-state index in [9.17, 15) is 0 Å². The second-order valence-corrected chi connectivity index (χ2v) is 8.48. The van der Waals surface area contributed by atoms with Crippen LogP contribution in [0.3, 0.4) is 0 Å². The molecule has 1 saturated heterocycles. The third-order valence-electron chi connectivity index (χ3n) is 4.83. The molecule has 0 saturated carbocycles. The van der Waals surface area contributed by atoms with Crippen molar-refractivity contribution in [3.8, 4) is 0 Å². The van der Waals surface area contributed by atoms with Crippen LogP contribution < -0.4 is 5.32 Å². The van der Waals surface area contributed by atoms with Crippen LogP contribution in [0.25, 0.3) is 0 Å². The van der Waals surface area contributed by atoms with E-state index < -0.39 is 0 Å². The smallest absolute Gasteiger partial charge is 0.148 e. The zero-order chi connectivity index (χ0) is 17.8. The Morgan fingerprint density at radius 2 is 2.15 bits per heavy atom. The molecule has 1 fully saturated rings. The standard InChI is InChI=1S/C19H22ClN5S/c20-18-4-3-16(26-18)12-22-19-10-17(23-24-19)15-5-8-25(9-6-15)13-14-2-1-7-21-11-14/h1-4,7,10-11,15H,5-6,8-9,12-13H2,(H2,22,23,24). The number of pyridine rings is 1. The predicted octanol–water partition coefficient (Wildman–Crippen LogP) is 4.51. The summed E-state index contributed by atoms with van der Waals surface area (Å²) in [5.74, 6) is 1.46. The van der Waals surface area contributed by atoms with Crippen molar-refractivity contribution in [3.63, 3.8) is 0 Å². The molecule has 0 aromatic carbocycles. The van der Waals surface area contributed by atoms with Crippen LogP contribution in [0.15, 0.2) is 42.7 Å². The summed E-state index contributed by atoms with van der Waals surface area (Å²) in [6, 6.07) is 10.3. The highest BCUT2D eigenvalue weighted by Crippen LogP contribution is 2.29. The Morgan fingerprint density at radius 1 is 1.27 bits per heavy atom. The molecule has 3 aromatic rings. The number of thiophene rings is 1. The number of hydrogen-bond donors (Lipinski definition) is 2. The van der Waals surface area contributed by atoms with Crippen LogP contribution in [-0.2, 0) is 13.1 Å². The molecule has 1 aliphatic heterocycles. The minimum Gasteiger partial charge on any atom is -0.364 e. The predicted molar refractivity (Wildman–Crippen MR) is 107 cm³/mol. The van der Waals surface area contributed by atoms with Crippen molar-refractivity contribution in [2.45, 2.75) is 31.8 Å². The van der Waals surface area contributed by atoms with Crippen LogP contribution in [-0.4, -0.2) is 33.2 Å².